The van der Waals surface area contributed by atoms with Crippen molar-refractivity contribution in [1.29, 1.82) is 0 Å². The first-order valence-electron chi connectivity index (χ1n) is 5.58. The highest BCUT2D eigenvalue weighted by Gasteiger charge is 2.31. The van der Waals surface area contributed by atoms with Crippen LogP contribution in [-0.4, -0.2) is 6.54 Å². The van der Waals surface area contributed by atoms with Crippen LogP contribution in [0, 0.1) is 0 Å². The van der Waals surface area contributed by atoms with E-state index in [-0.39, 0.29) is 5.02 Å². The second-order valence-electron chi connectivity index (χ2n) is 4.03. The van der Waals surface area contributed by atoms with Gasteiger partial charge in [-0.2, -0.15) is 24.5 Å². The van der Waals surface area contributed by atoms with E-state index in [2.05, 4.69) is 5.32 Å². The molecule has 0 bridgehead atoms. The number of hydrogen-bond donors (Lipinski definition) is 1. The van der Waals surface area contributed by atoms with E-state index in [1.165, 1.54) is 6.07 Å². The van der Waals surface area contributed by atoms with Crippen molar-refractivity contribution >= 4 is 28.6 Å². The number of nitrogens with one attached hydrogen (secondary N) is 1. The highest BCUT2D eigenvalue weighted by molar-refractivity contribution is 7.07. The fourth-order valence-electron chi connectivity index (χ4n) is 1.64. The number of halogens is 4. The van der Waals surface area contributed by atoms with Gasteiger partial charge in [-0.05, 0) is 47.0 Å². The molecule has 102 valence electrons. The van der Waals surface area contributed by atoms with E-state index in [9.17, 15) is 13.2 Å². The molecular formula is C13H11ClF3NS. The Morgan fingerprint density at radius 2 is 2.00 bits per heavy atom. The third-order valence-corrected chi connectivity index (χ3v) is 3.50. The fourth-order valence-corrected chi connectivity index (χ4v) is 2.58. The van der Waals surface area contributed by atoms with Crippen molar-refractivity contribution in [2.45, 2.75) is 12.6 Å². The molecule has 1 heterocycles. The smallest absolute Gasteiger partial charge is 0.385 e. The van der Waals surface area contributed by atoms with E-state index < -0.39 is 11.7 Å². The maximum Gasteiger partial charge on any atom is 0.416 e. The summed E-state index contributed by atoms with van der Waals surface area (Å²) >= 11 is 7.29. The molecule has 6 heteroatoms. The van der Waals surface area contributed by atoms with E-state index >= 15 is 0 Å². The van der Waals surface area contributed by atoms with Gasteiger partial charge in [-0.25, -0.2) is 0 Å². The molecule has 0 aliphatic carbocycles. The van der Waals surface area contributed by atoms with Crippen LogP contribution in [0.1, 0.15) is 11.1 Å². The number of benzene rings is 1. The van der Waals surface area contributed by atoms with E-state index in [0.717, 1.165) is 24.1 Å². The minimum absolute atomic E-state index is 0.0767. The van der Waals surface area contributed by atoms with Gasteiger partial charge in [-0.15, -0.1) is 0 Å². The van der Waals surface area contributed by atoms with Gasteiger partial charge >= 0.3 is 6.18 Å². The van der Waals surface area contributed by atoms with Crippen molar-refractivity contribution in [1.82, 2.24) is 0 Å². The van der Waals surface area contributed by atoms with Crippen LogP contribution in [0.3, 0.4) is 0 Å². The summed E-state index contributed by atoms with van der Waals surface area (Å²) in [7, 11) is 0. The van der Waals surface area contributed by atoms with Crippen molar-refractivity contribution in [2.75, 3.05) is 11.9 Å². The van der Waals surface area contributed by atoms with Crippen molar-refractivity contribution in [2.24, 2.45) is 0 Å². The summed E-state index contributed by atoms with van der Waals surface area (Å²) in [6.45, 7) is 0.564. The zero-order chi connectivity index (χ0) is 13.9. The molecule has 0 unspecified atom stereocenters. The van der Waals surface area contributed by atoms with Gasteiger partial charge in [-0.3, -0.25) is 0 Å². The van der Waals surface area contributed by atoms with Crippen molar-refractivity contribution < 1.29 is 13.2 Å². The lowest BCUT2D eigenvalue weighted by atomic mass is 10.2. The monoisotopic (exact) mass is 305 g/mol. The molecule has 19 heavy (non-hydrogen) atoms. The summed E-state index contributed by atoms with van der Waals surface area (Å²) in [4.78, 5) is 0. The van der Waals surface area contributed by atoms with Gasteiger partial charge in [0.2, 0.25) is 0 Å². The Hall–Kier alpha value is -1.20. The molecule has 1 aromatic heterocycles. The lowest BCUT2D eigenvalue weighted by molar-refractivity contribution is -0.137. The highest BCUT2D eigenvalue weighted by Crippen LogP contribution is 2.33. The van der Waals surface area contributed by atoms with Crippen molar-refractivity contribution in [3.05, 3.63) is 51.2 Å². The Labute approximate surface area is 118 Å². The maximum atomic E-state index is 12.6. The molecule has 0 atom stereocenters. The summed E-state index contributed by atoms with van der Waals surface area (Å²) < 4.78 is 37.8. The van der Waals surface area contributed by atoms with Crippen molar-refractivity contribution in [3.8, 4) is 0 Å². The van der Waals surface area contributed by atoms with Gasteiger partial charge in [0.15, 0.2) is 0 Å². The largest absolute Gasteiger partial charge is 0.416 e. The van der Waals surface area contributed by atoms with Gasteiger partial charge in [0, 0.05) is 17.3 Å². The van der Waals surface area contributed by atoms with Gasteiger partial charge in [-0.1, -0.05) is 11.6 Å². The van der Waals surface area contributed by atoms with Crippen LogP contribution in [0.25, 0.3) is 0 Å². The zero-order valence-electron chi connectivity index (χ0n) is 9.80. The fraction of sp³-hybridized carbons (Fsp3) is 0.231. The van der Waals surface area contributed by atoms with Crippen LogP contribution >= 0.6 is 22.9 Å². The molecule has 1 aromatic carbocycles. The van der Waals surface area contributed by atoms with Crippen LogP contribution in [-0.2, 0) is 12.6 Å². The number of anilines is 1. The number of rotatable bonds is 4. The predicted octanol–water partition coefficient (Wildman–Crippen LogP) is 5.07. The Morgan fingerprint density at radius 3 is 2.63 bits per heavy atom. The van der Waals surface area contributed by atoms with Crippen LogP contribution < -0.4 is 5.32 Å². The van der Waals surface area contributed by atoms with Gasteiger partial charge in [0.1, 0.15) is 0 Å². The molecule has 0 fully saturated rings. The highest BCUT2D eigenvalue weighted by atomic mass is 35.5. The molecular weight excluding hydrogens is 295 g/mol. The van der Waals surface area contributed by atoms with Crippen LogP contribution in [0.15, 0.2) is 35.0 Å². The second-order valence-corrected chi connectivity index (χ2v) is 5.25. The molecule has 0 aliphatic rings. The third-order valence-electron chi connectivity index (χ3n) is 2.55. The quantitative estimate of drug-likeness (QED) is 0.831. The zero-order valence-corrected chi connectivity index (χ0v) is 11.4. The first-order valence-corrected chi connectivity index (χ1v) is 6.90. The minimum Gasteiger partial charge on any atom is -0.385 e. The molecule has 0 spiro atoms. The summed E-state index contributed by atoms with van der Waals surface area (Å²) in [5.41, 5.74) is 0.809. The summed E-state index contributed by atoms with van der Waals surface area (Å²) in [5, 5.41) is 7.02. The number of hydrogen-bond acceptors (Lipinski definition) is 2. The molecule has 0 saturated heterocycles. The number of alkyl halides is 3. The maximum absolute atomic E-state index is 12.6. The lowest BCUT2D eigenvalue weighted by Crippen LogP contribution is -2.08. The Bertz CT molecular complexity index is 537. The molecule has 0 aliphatic heterocycles. The SMILES string of the molecule is FC(F)(F)c1cc(Cl)cc(NCCc2ccsc2)c1. The summed E-state index contributed by atoms with van der Waals surface area (Å²) in [6, 6.07) is 5.47. The lowest BCUT2D eigenvalue weighted by Gasteiger charge is -2.11. The normalized spacial score (nSPS) is 11.6. The van der Waals surface area contributed by atoms with E-state index in [4.69, 9.17) is 11.6 Å². The van der Waals surface area contributed by atoms with Crippen LogP contribution in [0.2, 0.25) is 5.02 Å². The average Bonchev–Trinajstić information content (AvgIpc) is 2.80. The van der Waals surface area contributed by atoms with Gasteiger partial charge in [0.05, 0.1) is 5.56 Å². The average molecular weight is 306 g/mol. The molecule has 1 N–H and O–H groups in total. The molecule has 1 nitrogen and oxygen atoms in total. The Kier molecular flexibility index (Phi) is 4.37. The molecule has 2 rings (SSSR count). The van der Waals surface area contributed by atoms with Crippen molar-refractivity contribution in [3.63, 3.8) is 0 Å². The van der Waals surface area contributed by atoms with E-state index in [1.807, 2.05) is 16.8 Å². The van der Waals surface area contributed by atoms with Crippen LogP contribution in [0.4, 0.5) is 18.9 Å². The van der Waals surface area contributed by atoms with Gasteiger partial charge < -0.3 is 5.32 Å². The minimum atomic E-state index is -4.38. The standard InChI is InChI=1S/C13H11ClF3NS/c14-11-5-10(13(15,16)17)6-12(7-11)18-3-1-9-2-4-19-8-9/h2,4-8,18H,1,3H2. The topological polar surface area (TPSA) is 12.0 Å². The molecule has 0 amide bonds. The first kappa shape index (κ1) is 14.2. The molecule has 0 saturated carbocycles. The summed E-state index contributed by atoms with van der Waals surface area (Å²) in [5.74, 6) is 0. The molecule has 2 aromatic rings. The Balaban J connectivity index is 2.02. The second kappa shape index (κ2) is 5.84. The van der Waals surface area contributed by atoms with E-state index in [1.54, 1.807) is 11.3 Å². The van der Waals surface area contributed by atoms with Gasteiger partial charge in [0.25, 0.3) is 0 Å². The predicted molar refractivity (Wildman–Crippen MR) is 73.0 cm³/mol. The van der Waals surface area contributed by atoms with Crippen LogP contribution in [0.5, 0.6) is 0 Å². The number of thiophene rings is 1. The summed E-state index contributed by atoms with van der Waals surface area (Å²) in [6.07, 6.45) is -3.62. The Morgan fingerprint density at radius 1 is 1.21 bits per heavy atom. The van der Waals surface area contributed by atoms with E-state index in [0.29, 0.717) is 12.2 Å². The molecule has 0 radical (unpaired) electrons. The third kappa shape index (κ3) is 4.14. The first-order chi connectivity index (χ1) is 8.95.